The normalized spacial score (nSPS) is 23.4. The Morgan fingerprint density at radius 2 is 2.15 bits per heavy atom. The van der Waals surface area contributed by atoms with Crippen molar-refractivity contribution in [3.05, 3.63) is 35.1 Å². The van der Waals surface area contributed by atoms with Crippen molar-refractivity contribution >= 4 is 5.84 Å². The third-order valence-corrected chi connectivity index (χ3v) is 4.07. The van der Waals surface area contributed by atoms with Crippen molar-refractivity contribution in [1.29, 1.82) is 5.41 Å². The molecule has 0 spiro atoms. The molecule has 1 aromatic rings. The van der Waals surface area contributed by atoms with E-state index < -0.39 is 0 Å². The average Bonchev–Trinajstić information content (AvgIpc) is 2.73. The van der Waals surface area contributed by atoms with E-state index in [0.29, 0.717) is 29.6 Å². The molecule has 0 radical (unpaired) electrons. The molecule has 0 aromatic heterocycles. The van der Waals surface area contributed by atoms with Gasteiger partial charge in [0.1, 0.15) is 11.7 Å². The van der Waals surface area contributed by atoms with Gasteiger partial charge in [-0.25, -0.2) is 4.39 Å². The maximum Gasteiger partial charge on any atom is 0.128 e. The zero-order chi connectivity index (χ0) is 14.9. The number of benzene rings is 1. The zero-order valence-corrected chi connectivity index (χ0v) is 12.4. The van der Waals surface area contributed by atoms with Crippen molar-refractivity contribution in [3.63, 3.8) is 0 Å². The molecule has 3 N–H and O–H groups in total. The molecule has 1 aliphatic rings. The Morgan fingerprint density at radius 1 is 1.45 bits per heavy atom. The largest absolute Gasteiger partial charge is 0.384 e. The van der Waals surface area contributed by atoms with Crippen molar-refractivity contribution in [3.8, 4) is 0 Å². The minimum Gasteiger partial charge on any atom is -0.384 e. The topological polar surface area (TPSA) is 56.4 Å². The summed E-state index contributed by atoms with van der Waals surface area (Å²) in [6.45, 7) is 4.79. The quantitative estimate of drug-likeness (QED) is 0.648. The summed E-state index contributed by atoms with van der Waals surface area (Å²) in [7, 11) is 4.18. The number of likely N-dealkylation sites (N-methyl/N-ethyl adjacent to an activating group) is 1. The highest BCUT2D eigenvalue weighted by molar-refractivity contribution is 5.94. The highest BCUT2D eigenvalue weighted by Crippen LogP contribution is 2.23. The molecule has 2 rings (SSSR count). The van der Waals surface area contributed by atoms with Gasteiger partial charge in [-0.05, 0) is 26.1 Å². The molecule has 1 heterocycles. The molecule has 20 heavy (non-hydrogen) atoms. The van der Waals surface area contributed by atoms with Gasteiger partial charge in [0.25, 0.3) is 0 Å². The van der Waals surface area contributed by atoms with Crippen LogP contribution in [0, 0.1) is 17.1 Å². The van der Waals surface area contributed by atoms with Gasteiger partial charge in [0.15, 0.2) is 0 Å². The number of rotatable bonds is 4. The Bertz CT molecular complexity index is 501. The van der Waals surface area contributed by atoms with Crippen LogP contribution in [0.25, 0.3) is 0 Å². The van der Waals surface area contributed by atoms with Gasteiger partial charge in [0.2, 0.25) is 0 Å². The SMILES string of the molecule is CC1CN(Cc2ccc(C(=N)N)cc2F)CC1N(C)C. The van der Waals surface area contributed by atoms with E-state index in [4.69, 9.17) is 11.1 Å². The Morgan fingerprint density at radius 3 is 2.65 bits per heavy atom. The molecular formula is C15H23FN4. The summed E-state index contributed by atoms with van der Waals surface area (Å²) >= 11 is 0. The number of halogens is 1. The summed E-state index contributed by atoms with van der Waals surface area (Å²) < 4.78 is 14.0. The van der Waals surface area contributed by atoms with Gasteiger partial charge < -0.3 is 10.6 Å². The maximum atomic E-state index is 14.0. The first-order valence-corrected chi connectivity index (χ1v) is 6.90. The van der Waals surface area contributed by atoms with Gasteiger partial charge in [-0.2, -0.15) is 0 Å². The van der Waals surface area contributed by atoms with Crippen molar-refractivity contribution in [1.82, 2.24) is 9.80 Å². The van der Waals surface area contributed by atoms with Crippen molar-refractivity contribution in [2.45, 2.75) is 19.5 Å². The number of likely N-dealkylation sites (tertiary alicyclic amines) is 1. The second kappa shape index (κ2) is 5.89. The molecule has 2 unspecified atom stereocenters. The van der Waals surface area contributed by atoms with E-state index in [1.807, 2.05) is 0 Å². The minimum absolute atomic E-state index is 0.0992. The number of nitrogens with two attached hydrogens (primary N) is 1. The Labute approximate surface area is 119 Å². The number of hydrogen-bond donors (Lipinski definition) is 2. The van der Waals surface area contributed by atoms with Gasteiger partial charge in [-0.1, -0.05) is 19.1 Å². The van der Waals surface area contributed by atoms with E-state index in [1.165, 1.54) is 6.07 Å². The molecule has 2 atom stereocenters. The number of nitrogens with one attached hydrogen (secondary N) is 1. The van der Waals surface area contributed by atoms with Crippen molar-refractivity contribution in [2.75, 3.05) is 27.2 Å². The van der Waals surface area contributed by atoms with Crippen LogP contribution in [0.5, 0.6) is 0 Å². The smallest absolute Gasteiger partial charge is 0.128 e. The Balaban J connectivity index is 2.06. The summed E-state index contributed by atoms with van der Waals surface area (Å²) in [5.41, 5.74) is 6.47. The lowest BCUT2D eigenvalue weighted by atomic mass is 10.1. The molecule has 0 amide bonds. The highest BCUT2D eigenvalue weighted by atomic mass is 19.1. The summed E-state index contributed by atoms with van der Waals surface area (Å²) in [6.07, 6.45) is 0. The molecule has 1 fully saturated rings. The Kier molecular flexibility index (Phi) is 4.40. The third kappa shape index (κ3) is 3.16. The molecule has 1 aromatic carbocycles. The van der Waals surface area contributed by atoms with Crippen LogP contribution in [0.3, 0.4) is 0 Å². The maximum absolute atomic E-state index is 14.0. The Hall–Kier alpha value is -1.46. The molecule has 110 valence electrons. The monoisotopic (exact) mass is 278 g/mol. The second-order valence-electron chi connectivity index (χ2n) is 5.92. The molecule has 1 aliphatic heterocycles. The van der Waals surface area contributed by atoms with E-state index >= 15 is 0 Å². The van der Waals surface area contributed by atoms with Crippen LogP contribution in [0.1, 0.15) is 18.1 Å². The fourth-order valence-corrected chi connectivity index (χ4v) is 2.93. The lowest BCUT2D eigenvalue weighted by molar-refractivity contribution is 0.249. The standard InChI is InChI=1S/C15H23FN4/c1-10-7-20(9-14(10)19(2)3)8-12-5-4-11(15(17)18)6-13(12)16/h4-6,10,14H,7-9H2,1-3H3,(H3,17,18). The predicted molar refractivity (Wildman–Crippen MR) is 79.3 cm³/mol. The van der Waals surface area contributed by atoms with Crippen LogP contribution in [-0.2, 0) is 6.54 Å². The van der Waals surface area contributed by atoms with Gasteiger partial charge in [-0.15, -0.1) is 0 Å². The van der Waals surface area contributed by atoms with Crippen LogP contribution < -0.4 is 5.73 Å². The predicted octanol–water partition coefficient (Wildman–Crippen LogP) is 1.49. The summed E-state index contributed by atoms with van der Waals surface area (Å²) in [5, 5.41) is 7.32. The van der Waals surface area contributed by atoms with E-state index in [1.54, 1.807) is 12.1 Å². The first-order chi connectivity index (χ1) is 9.38. The molecule has 0 saturated carbocycles. The molecule has 0 aliphatic carbocycles. The zero-order valence-electron chi connectivity index (χ0n) is 12.4. The molecule has 5 heteroatoms. The van der Waals surface area contributed by atoms with Crippen LogP contribution >= 0.6 is 0 Å². The van der Waals surface area contributed by atoms with Crippen molar-refractivity contribution < 1.29 is 4.39 Å². The summed E-state index contributed by atoms with van der Waals surface area (Å²) in [4.78, 5) is 4.51. The molecule has 0 bridgehead atoms. The number of amidine groups is 1. The number of hydrogen-bond acceptors (Lipinski definition) is 3. The first kappa shape index (κ1) is 14.9. The van der Waals surface area contributed by atoms with Crippen LogP contribution in [0.15, 0.2) is 18.2 Å². The second-order valence-corrected chi connectivity index (χ2v) is 5.92. The lowest BCUT2D eigenvalue weighted by Crippen LogP contribution is -2.34. The minimum atomic E-state index is -0.279. The van der Waals surface area contributed by atoms with Gasteiger partial charge in [0, 0.05) is 36.8 Å². The van der Waals surface area contributed by atoms with Gasteiger partial charge in [0.05, 0.1) is 0 Å². The molecular weight excluding hydrogens is 255 g/mol. The first-order valence-electron chi connectivity index (χ1n) is 6.90. The summed E-state index contributed by atoms with van der Waals surface area (Å²) in [5.74, 6) is 0.209. The third-order valence-electron chi connectivity index (χ3n) is 4.07. The van der Waals surface area contributed by atoms with Crippen LogP contribution in [0.4, 0.5) is 4.39 Å². The van der Waals surface area contributed by atoms with Gasteiger partial charge >= 0.3 is 0 Å². The van der Waals surface area contributed by atoms with E-state index in [2.05, 4.69) is 30.8 Å². The number of nitrogens with zero attached hydrogens (tertiary/aromatic N) is 2. The van der Waals surface area contributed by atoms with Gasteiger partial charge in [-0.3, -0.25) is 10.3 Å². The average molecular weight is 278 g/mol. The van der Waals surface area contributed by atoms with E-state index in [-0.39, 0.29) is 11.7 Å². The lowest BCUT2D eigenvalue weighted by Gasteiger charge is -2.22. The van der Waals surface area contributed by atoms with Crippen LogP contribution in [-0.4, -0.2) is 48.9 Å². The van der Waals surface area contributed by atoms with E-state index in [9.17, 15) is 4.39 Å². The molecule has 4 nitrogen and oxygen atoms in total. The van der Waals surface area contributed by atoms with Crippen molar-refractivity contribution in [2.24, 2.45) is 11.7 Å². The molecule has 1 saturated heterocycles. The summed E-state index contributed by atoms with van der Waals surface area (Å²) in [6, 6.07) is 5.32. The van der Waals surface area contributed by atoms with E-state index in [0.717, 1.165) is 13.1 Å². The number of nitrogen functional groups attached to an aromatic ring is 1. The fraction of sp³-hybridized carbons (Fsp3) is 0.533. The highest BCUT2D eigenvalue weighted by Gasteiger charge is 2.31. The van der Waals surface area contributed by atoms with Crippen LogP contribution in [0.2, 0.25) is 0 Å². The fourth-order valence-electron chi connectivity index (χ4n) is 2.93.